The maximum atomic E-state index is 6.97. The van der Waals surface area contributed by atoms with Crippen LogP contribution in [0.15, 0.2) is 168 Å². The second kappa shape index (κ2) is 11.8. The quantitative estimate of drug-likeness (QED) is 0.168. The molecule has 0 unspecified atom stereocenters. The molecule has 10 rings (SSSR count). The Morgan fingerprint density at radius 3 is 1.85 bits per heavy atom. The predicted octanol–water partition coefficient (Wildman–Crippen LogP) is 14.9. The molecule has 0 saturated heterocycles. The number of anilines is 3. The summed E-state index contributed by atoms with van der Waals surface area (Å²) < 4.78 is 6.97. The van der Waals surface area contributed by atoms with Crippen LogP contribution in [0.3, 0.4) is 0 Å². The summed E-state index contributed by atoms with van der Waals surface area (Å²) in [5.41, 5.74) is 12.7. The van der Waals surface area contributed by atoms with Gasteiger partial charge in [0.2, 0.25) is 0 Å². The first kappa shape index (κ1) is 31.4. The maximum Gasteiger partial charge on any atom is 0.143 e. The monoisotopic (exact) mass is 681 g/mol. The molecule has 0 amide bonds. The first-order valence-electron chi connectivity index (χ1n) is 18.5. The van der Waals surface area contributed by atoms with Crippen LogP contribution < -0.4 is 4.90 Å². The number of hydrogen-bond acceptors (Lipinski definition) is 2. The van der Waals surface area contributed by atoms with Gasteiger partial charge in [-0.3, -0.25) is 0 Å². The molecule has 0 radical (unpaired) electrons. The number of fused-ring (bicyclic) bond motifs is 5. The van der Waals surface area contributed by atoms with Crippen LogP contribution in [0.25, 0.3) is 76.5 Å². The van der Waals surface area contributed by atoms with Crippen molar-refractivity contribution >= 4 is 71.3 Å². The lowest BCUT2D eigenvalue weighted by atomic mass is 9.86. The number of nitrogens with zero attached hydrogens (tertiary/aromatic N) is 1. The van der Waals surface area contributed by atoms with Crippen molar-refractivity contribution in [3.63, 3.8) is 0 Å². The fraction of sp³-hybridized carbons (Fsp3) is 0.0980. The molecule has 0 bridgehead atoms. The van der Waals surface area contributed by atoms with Crippen molar-refractivity contribution in [2.24, 2.45) is 0 Å². The van der Waals surface area contributed by atoms with Crippen molar-refractivity contribution in [1.29, 1.82) is 0 Å². The van der Waals surface area contributed by atoms with Gasteiger partial charge in [-0.05, 0) is 110 Å². The molecule has 0 fully saturated rings. The van der Waals surface area contributed by atoms with E-state index in [1.54, 1.807) is 0 Å². The molecule has 9 aromatic carbocycles. The zero-order chi connectivity index (χ0) is 35.8. The van der Waals surface area contributed by atoms with Crippen molar-refractivity contribution in [2.45, 2.75) is 33.1 Å². The molecule has 2 nitrogen and oxygen atoms in total. The Bertz CT molecular complexity index is 2960. The van der Waals surface area contributed by atoms with E-state index in [9.17, 15) is 0 Å². The minimum atomic E-state index is 0.137. The molecule has 2 heteroatoms. The minimum absolute atomic E-state index is 0.137. The van der Waals surface area contributed by atoms with Crippen LogP contribution in [-0.4, -0.2) is 0 Å². The third kappa shape index (κ3) is 5.09. The van der Waals surface area contributed by atoms with E-state index in [1.807, 2.05) is 0 Å². The van der Waals surface area contributed by atoms with E-state index in [1.165, 1.54) is 65.7 Å². The molecule has 53 heavy (non-hydrogen) atoms. The van der Waals surface area contributed by atoms with Crippen LogP contribution >= 0.6 is 0 Å². The molecule has 1 heterocycles. The van der Waals surface area contributed by atoms with Crippen LogP contribution in [-0.2, 0) is 5.41 Å². The second-order valence-electron chi connectivity index (χ2n) is 15.5. The average Bonchev–Trinajstić information content (AvgIpc) is 3.57. The van der Waals surface area contributed by atoms with Gasteiger partial charge >= 0.3 is 0 Å². The molecule has 0 N–H and O–H groups in total. The van der Waals surface area contributed by atoms with Gasteiger partial charge in [0.15, 0.2) is 0 Å². The van der Waals surface area contributed by atoms with Crippen molar-refractivity contribution in [3.05, 3.63) is 175 Å². The van der Waals surface area contributed by atoms with Gasteiger partial charge in [-0.1, -0.05) is 136 Å². The highest BCUT2D eigenvalue weighted by atomic mass is 16.3. The highest BCUT2D eigenvalue weighted by Crippen LogP contribution is 2.48. The largest absolute Gasteiger partial charge is 0.455 e. The topological polar surface area (TPSA) is 16.4 Å². The summed E-state index contributed by atoms with van der Waals surface area (Å²) >= 11 is 0. The lowest BCUT2D eigenvalue weighted by Crippen LogP contribution is -2.10. The molecule has 254 valence electrons. The SMILES string of the molecule is Cc1cccc(N(c2ccccc2)c2ccc3c(c2)oc2c4cccc5c(-c6ccc(-c7ccc(C(C)(C)C)cc7)cc6)cc6cccc(c32)c6c54)c1. The van der Waals surface area contributed by atoms with E-state index >= 15 is 0 Å². The Balaban J connectivity index is 1.14. The van der Waals surface area contributed by atoms with Crippen molar-refractivity contribution in [1.82, 2.24) is 0 Å². The minimum Gasteiger partial charge on any atom is -0.455 e. The lowest BCUT2D eigenvalue weighted by Gasteiger charge is -2.25. The number of hydrogen-bond donors (Lipinski definition) is 0. The molecule has 10 aromatic rings. The van der Waals surface area contributed by atoms with Gasteiger partial charge in [-0.25, -0.2) is 0 Å². The third-order valence-electron chi connectivity index (χ3n) is 11.0. The van der Waals surface area contributed by atoms with Crippen molar-refractivity contribution in [3.8, 4) is 22.3 Å². The number of furan rings is 1. The van der Waals surface area contributed by atoms with Gasteiger partial charge in [0.25, 0.3) is 0 Å². The molecular formula is C51H39NO. The van der Waals surface area contributed by atoms with E-state index in [0.717, 1.165) is 39.0 Å². The molecule has 0 aliphatic carbocycles. The maximum absolute atomic E-state index is 6.97. The van der Waals surface area contributed by atoms with Gasteiger partial charge < -0.3 is 9.32 Å². The highest BCUT2D eigenvalue weighted by molar-refractivity contribution is 6.38. The van der Waals surface area contributed by atoms with Crippen LogP contribution in [0.4, 0.5) is 17.1 Å². The van der Waals surface area contributed by atoms with Crippen LogP contribution in [0, 0.1) is 6.92 Å². The number of aryl methyl sites for hydroxylation is 1. The molecule has 0 spiro atoms. The summed E-state index contributed by atoms with van der Waals surface area (Å²) in [4.78, 5) is 2.31. The lowest BCUT2D eigenvalue weighted by molar-refractivity contribution is 0.590. The Morgan fingerprint density at radius 1 is 0.453 bits per heavy atom. The number of para-hydroxylation sites is 1. The zero-order valence-electron chi connectivity index (χ0n) is 30.4. The standard InChI is InChI=1S/C51H39NO/c1-32-11-8-15-39(29-32)52(38-13-6-5-7-14-38)40-27-28-42-46(31-40)53-50-44-18-10-16-41-45(30-36-12-9-17-43(49(42)50)47(36)48(41)44)35-21-19-33(20-22-35)34-23-25-37(26-24-34)51(2,3)4/h5-31H,1-4H3. The van der Waals surface area contributed by atoms with Gasteiger partial charge in [0.05, 0.1) is 0 Å². The summed E-state index contributed by atoms with van der Waals surface area (Å²) in [6, 6.07) is 59.8. The third-order valence-corrected chi connectivity index (χ3v) is 11.0. The first-order chi connectivity index (χ1) is 25.8. The Hall–Kier alpha value is -6.38. The van der Waals surface area contributed by atoms with E-state index in [0.29, 0.717) is 0 Å². The predicted molar refractivity (Wildman–Crippen MR) is 226 cm³/mol. The Labute approximate surface area is 309 Å². The summed E-state index contributed by atoms with van der Waals surface area (Å²) in [6.45, 7) is 8.92. The Kier molecular flexibility index (Phi) is 7.00. The first-order valence-corrected chi connectivity index (χ1v) is 18.5. The summed E-state index contributed by atoms with van der Waals surface area (Å²) in [5, 5.41) is 9.72. The summed E-state index contributed by atoms with van der Waals surface area (Å²) in [6.07, 6.45) is 0. The molecule has 0 atom stereocenters. The molecule has 1 aromatic heterocycles. The summed E-state index contributed by atoms with van der Waals surface area (Å²) in [5.74, 6) is 0. The zero-order valence-corrected chi connectivity index (χ0v) is 30.4. The Morgan fingerprint density at radius 2 is 1.09 bits per heavy atom. The smallest absolute Gasteiger partial charge is 0.143 e. The molecular weight excluding hydrogens is 643 g/mol. The van der Waals surface area contributed by atoms with E-state index in [-0.39, 0.29) is 5.41 Å². The summed E-state index contributed by atoms with van der Waals surface area (Å²) in [7, 11) is 0. The van der Waals surface area contributed by atoms with Crippen molar-refractivity contribution < 1.29 is 4.42 Å². The molecule has 0 saturated carbocycles. The molecule has 0 aliphatic rings. The van der Waals surface area contributed by atoms with E-state index in [4.69, 9.17) is 4.42 Å². The van der Waals surface area contributed by atoms with Gasteiger partial charge in [0.1, 0.15) is 11.2 Å². The van der Waals surface area contributed by atoms with Gasteiger partial charge in [-0.2, -0.15) is 0 Å². The average molecular weight is 682 g/mol. The fourth-order valence-corrected chi connectivity index (χ4v) is 8.36. The number of benzene rings is 9. The fourth-order valence-electron chi connectivity index (χ4n) is 8.36. The normalized spacial score (nSPS) is 12.2. The van der Waals surface area contributed by atoms with Crippen molar-refractivity contribution in [2.75, 3.05) is 4.90 Å². The van der Waals surface area contributed by atoms with Gasteiger partial charge in [0, 0.05) is 44.7 Å². The molecule has 0 aliphatic heterocycles. The van der Waals surface area contributed by atoms with Crippen LogP contribution in [0.5, 0.6) is 0 Å². The van der Waals surface area contributed by atoms with E-state index < -0.39 is 0 Å². The van der Waals surface area contributed by atoms with Gasteiger partial charge in [-0.15, -0.1) is 0 Å². The van der Waals surface area contributed by atoms with Crippen LogP contribution in [0.2, 0.25) is 0 Å². The number of rotatable bonds is 5. The van der Waals surface area contributed by atoms with Crippen LogP contribution in [0.1, 0.15) is 31.9 Å². The van der Waals surface area contributed by atoms with E-state index in [2.05, 4.69) is 196 Å². The second-order valence-corrected chi connectivity index (χ2v) is 15.5. The highest BCUT2D eigenvalue weighted by Gasteiger charge is 2.22.